The largest absolute Gasteiger partial charge is 0.497 e. The molecule has 2 rings (SSSR count). The Morgan fingerprint density at radius 1 is 1.17 bits per heavy atom. The van der Waals surface area contributed by atoms with Crippen molar-refractivity contribution in [2.24, 2.45) is 0 Å². The van der Waals surface area contributed by atoms with E-state index in [-0.39, 0.29) is 5.46 Å². The number of ether oxygens (including phenoxy) is 1. The summed E-state index contributed by atoms with van der Waals surface area (Å²) in [6, 6.07) is 7.53. The van der Waals surface area contributed by atoms with E-state index in [9.17, 15) is 4.39 Å². The van der Waals surface area contributed by atoms with Gasteiger partial charge in [0.05, 0.1) is 17.2 Å². The second-order valence-electron chi connectivity index (χ2n) is 3.67. The summed E-state index contributed by atoms with van der Waals surface area (Å²) in [6.45, 7) is 0. The van der Waals surface area contributed by atoms with E-state index in [1.54, 1.807) is 18.2 Å². The minimum atomic E-state index is -0.473. The highest BCUT2D eigenvalue weighted by molar-refractivity contribution is 6.40. The molecule has 0 aliphatic heterocycles. The number of methoxy groups -OCH3 is 1. The molecule has 0 aromatic heterocycles. The number of rotatable bonds is 2. The van der Waals surface area contributed by atoms with Crippen LogP contribution >= 0.6 is 23.2 Å². The van der Waals surface area contributed by atoms with Gasteiger partial charge in [-0.05, 0) is 24.3 Å². The average Bonchev–Trinajstić information content (AvgIpc) is 2.28. The molecule has 1 nitrogen and oxygen atoms in total. The van der Waals surface area contributed by atoms with Crippen LogP contribution in [0.25, 0.3) is 11.1 Å². The zero-order valence-electron chi connectivity index (χ0n) is 9.51. The Balaban J connectivity index is 2.78. The van der Waals surface area contributed by atoms with Crippen LogP contribution in [0.4, 0.5) is 4.39 Å². The van der Waals surface area contributed by atoms with Crippen molar-refractivity contribution in [1.29, 1.82) is 0 Å². The van der Waals surface area contributed by atoms with Gasteiger partial charge in [-0.1, -0.05) is 34.7 Å². The summed E-state index contributed by atoms with van der Waals surface area (Å²) in [7, 11) is 7.18. The predicted molar refractivity (Wildman–Crippen MR) is 73.8 cm³/mol. The lowest BCUT2D eigenvalue weighted by Gasteiger charge is -2.14. The topological polar surface area (TPSA) is 9.23 Å². The van der Waals surface area contributed by atoms with E-state index in [2.05, 4.69) is 0 Å². The average molecular weight is 281 g/mol. The van der Waals surface area contributed by atoms with Crippen LogP contribution in [-0.2, 0) is 0 Å². The fourth-order valence-electron chi connectivity index (χ4n) is 1.78. The van der Waals surface area contributed by atoms with Gasteiger partial charge in [0.1, 0.15) is 19.4 Å². The molecule has 0 unspecified atom stereocenters. The van der Waals surface area contributed by atoms with Crippen molar-refractivity contribution in [2.45, 2.75) is 0 Å². The summed E-state index contributed by atoms with van der Waals surface area (Å²) in [5, 5.41) is 0.816. The first kappa shape index (κ1) is 13.3. The SMILES string of the molecule is [B]c1cc(F)cc(-c2c(Cl)cccc2Cl)c1OC. The molecule has 0 aliphatic carbocycles. The molecule has 0 heterocycles. The maximum atomic E-state index is 13.5. The van der Waals surface area contributed by atoms with Crippen LogP contribution in [0.2, 0.25) is 10.0 Å². The predicted octanol–water partition coefficient (Wildman–Crippen LogP) is 3.60. The highest BCUT2D eigenvalue weighted by Gasteiger charge is 2.16. The fourth-order valence-corrected chi connectivity index (χ4v) is 2.38. The van der Waals surface area contributed by atoms with Crippen LogP contribution in [0.15, 0.2) is 30.3 Å². The van der Waals surface area contributed by atoms with Crippen LogP contribution in [0.3, 0.4) is 0 Å². The first-order chi connectivity index (χ1) is 8.54. The zero-order chi connectivity index (χ0) is 13.3. The molecule has 0 spiro atoms. The van der Waals surface area contributed by atoms with Gasteiger partial charge in [-0.2, -0.15) is 0 Å². The standard InChI is InChI=1S/C13H8BCl2FO/c1-18-13-8(5-7(17)6-9(13)14)12-10(15)3-2-4-11(12)16/h2-6H,1H3. The van der Waals surface area contributed by atoms with Crippen LogP contribution in [0.1, 0.15) is 0 Å². The number of hydrogen-bond acceptors (Lipinski definition) is 1. The molecular formula is C13H8BCl2FO. The maximum absolute atomic E-state index is 13.5. The zero-order valence-corrected chi connectivity index (χ0v) is 11.0. The van der Waals surface area contributed by atoms with Gasteiger partial charge in [0.25, 0.3) is 0 Å². The molecule has 0 atom stereocenters. The van der Waals surface area contributed by atoms with Crippen molar-refractivity contribution in [3.05, 3.63) is 46.2 Å². The minimum Gasteiger partial charge on any atom is -0.497 e. The lowest BCUT2D eigenvalue weighted by molar-refractivity contribution is 0.419. The highest BCUT2D eigenvalue weighted by atomic mass is 35.5. The lowest BCUT2D eigenvalue weighted by Crippen LogP contribution is -2.09. The molecule has 90 valence electrons. The van der Waals surface area contributed by atoms with Gasteiger partial charge < -0.3 is 4.74 Å². The molecule has 0 saturated heterocycles. The van der Waals surface area contributed by atoms with Crippen LogP contribution < -0.4 is 10.2 Å². The molecular weight excluding hydrogens is 273 g/mol. The normalized spacial score (nSPS) is 10.4. The third kappa shape index (κ3) is 2.33. The third-order valence-electron chi connectivity index (χ3n) is 2.52. The Morgan fingerprint density at radius 3 is 2.33 bits per heavy atom. The van der Waals surface area contributed by atoms with Crippen LogP contribution in [-0.4, -0.2) is 15.0 Å². The molecule has 5 heteroatoms. The van der Waals surface area contributed by atoms with Crippen molar-refractivity contribution in [3.8, 4) is 16.9 Å². The Kier molecular flexibility index (Phi) is 3.83. The van der Waals surface area contributed by atoms with Gasteiger partial charge in [0.15, 0.2) is 0 Å². The summed E-state index contributed by atoms with van der Waals surface area (Å²) >= 11 is 12.2. The van der Waals surface area contributed by atoms with E-state index < -0.39 is 5.82 Å². The van der Waals surface area contributed by atoms with E-state index in [1.807, 2.05) is 0 Å². The Labute approximate surface area is 116 Å². The molecule has 2 radical (unpaired) electrons. The van der Waals surface area contributed by atoms with Crippen molar-refractivity contribution < 1.29 is 9.13 Å². The molecule has 2 aromatic rings. The van der Waals surface area contributed by atoms with E-state index in [4.69, 9.17) is 35.8 Å². The smallest absolute Gasteiger partial charge is 0.123 e. The Bertz CT molecular complexity index is 582. The van der Waals surface area contributed by atoms with Gasteiger partial charge in [-0.3, -0.25) is 0 Å². The van der Waals surface area contributed by atoms with Gasteiger partial charge >= 0.3 is 0 Å². The summed E-state index contributed by atoms with van der Waals surface area (Å²) in [5.74, 6) is -0.120. The molecule has 0 saturated carbocycles. The quantitative estimate of drug-likeness (QED) is 0.764. The second kappa shape index (κ2) is 5.21. The molecule has 0 aliphatic rings. The first-order valence-electron chi connectivity index (χ1n) is 5.12. The third-order valence-corrected chi connectivity index (χ3v) is 3.15. The molecule has 0 N–H and O–H groups in total. The summed E-state index contributed by atoms with van der Waals surface area (Å²) < 4.78 is 18.7. The molecule has 0 bridgehead atoms. The summed E-state index contributed by atoms with van der Waals surface area (Å²) in [4.78, 5) is 0. The van der Waals surface area contributed by atoms with E-state index >= 15 is 0 Å². The number of hydrogen-bond donors (Lipinski definition) is 0. The van der Waals surface area contributed by atoms with Gasteiger partial charge in [-0.25, -0.2) is 4.39 Å². The van der Waals surface area contributed by atoms with Gasteiger partial charge in [0, 0.05) is 11.1 Å². The number of halogens is 3. The fraction of sp³-hybridized carbons (Fsp3) is 0.0769. The Hall–Kier alpha value is -1.19. The molecule has 0 amide bonds. The summed E-state index contributed by atoms with van der Waals surface area (Å²) in [6.07, 6.45) is 0. The van der Waals surface area contributed by atoms with Gasteiger partial charge in [-0.15, -0.1) is 0 Å². The Morgan fingerprint density at radius 2 is 1.78 bits per heavy atom. The van der Waals surface area contributed by atoms with Crippen molar-refractivity contribution in [3.63, 3.8) is 0 Å². The van der Waals surface area contributed by atoms with E-state index in [1.165, 1.54) is 19.2 Å². The van der Waals surface area contributed by atoms with Crippen molar-refractivity contribution >= 4 is 36.5 Å². The monoisotopic (exact) mass is 280 g/mol. The molecule has 0 fully saturated rings. The molecule has 18 heavy (non-hydrogen) atoms. The van der Waals surface area contributed by atoms with Crippen LogP contribution in [0, 0.1) is 5.82 Å². The second-order valence-corrected chi connectivity index (χ2v) is 4.49. The molecule has 2 aromatic carbocycles. The summed E-state index contributed by atoms with van der Waals surface area (Å²) in [5.41, 5.74) is 1.14. The number of benzene rings is 2. The minimum absolute atomic E-state index is 0.198. The first-order valence-corrected chi connectivity index (χ1v) is 5.87. The van der Waals surface area contributed by atoms with E-state index in [0.717, 1.165) is 0 Å². The van der Waals surface area contributed by atoms with Crippen LogP contribution in [0.5, 0.6) is 5.75 Å². The van der Waals surface area contributed by atoms with Crippen molar-refractivity contribution in [2.75, 3.05) is 7.11 Å². The maximum Gasteiger partial charge on any atom is 0.123 e. The van der Waals surface area contributed by atoms with Crippen molar-refractivity contribution in [1.82, 2.24) is 0 Å². The lowest BCUT2D eigenvalue weighted by atomic mass is 9.90. The van der Waals surface area contributed by atoms with E-state index in [0.29, 0.717) is 26.9 Å². The highest BCUT2D eigenvalue weighted by Crippen LogP contribution is 2.39. The van der Waals surface area contributed by atoms with Gasteiger partial charge in [0.2, 0.25) is 0 Å².